The van der Waals surface area contributed by atoms with Gasteiger partial charge < -0.3 is 14.3 Å². The van der Waals surface area contributed by atoms with Crippen LogP contribution in [-0.4, -0.2) is 35.1 Å². The molecule has 5 nitrogen and oxygen atoms in total. The molecule has 1 aliphatic rings. The number of aromatic nitrogens is 2. The summed E-state index contributed by atoms with van der Waals surface area (Å²) in [5, 5.41) is 3.49. The molecule has 0 aliphatic heterocycles. The van der Waals surface area contributed by atoms with Crippen molar-refractivity contribution in [2.45, 2.75) is 46.1 Å². The molecule has 2 aromatic rings. The Kier molecular flexibility index (Phi) is 6.84. The fraction of sp³-hybridized carbons (Fsp3) is 0.550. The Morgan fingerprint density at radius 1 is 1.44 bits per heavy atom. The maximum absolute atomic E-state index is 11.1. The van der Waals surface area contributed by atoms with Crippen molar-refractivity contribution in [3.8, 4) is 17.1 Å². The Morgan fingerprint density at radius 2 is 2.22 bits per heavy atom. The lowest BCUT2D eigenvalue weighted by Gasteiger charge is -2.35. The predicted octanol–water partition coefficient (Wildman–Crippen LogP) is 4.96. The summed E-state index contributed by atoms with van der Waals surface area (Å²) in [6.07, 6.45) is 4.48. The second-order valence-electron chi connectivity index (χ2n) is 7.34. The molecule has 0 aromatic carbocycles. The third-order valence-corrected chi connectivity index (χ3v) is 5.79. The van der Waals surface area contributed by atoms with E-state index in [1.807, 2.05) is 25.3 Å². The maximum atomic E-state index is 11.1. The van der Waals surface area contributed by atoms with E-state index in [9.17, 15) is 4.79 Å². The topological polar surface area (TPSA) is 61.3 Å². The Hall–Kier alpha value is -1.50. The highest BCUT2D eigenvalue weighted by Crippen LogP contribution is 2.36. The molecule has 2 heterocycles. The number of halogens is 1. The van der Waals surface area contributed by atoms with E-state index in [2.05, 4.69) is 9.97 Å². The molecule has 0 radical (unpaired) electrons. The summed E-state index contributed by atoms with van der Waals surface area (Å²) in [5.74, 6) is 1.39. The number of thiazole rings is 1. The first-order valence-electron chi connectivity index (χ1n) is 9.23. The van der Waals surface area contributed by atoms with Crippen LogP contribution >= 0.6 is 22.9 Å². The van der Waals surface area contributed by atoms with Crippen LogP contribution < -0.4 is 4.74 Å². The lowest BCUT2D eigenvalue weighted by molar-refractivity contribution is -0.119. The van der Waals surface area contributed by atoms with E-state index in [4.69, 9.17) is 21.1 Å². The first-order chi connectivity index (χ1) is 12.9. The number of hydrogen-bond donors (Lipinski definition) is 0. The zero-order valence-electron chi connectivity index (χ0n) is 15.9. The van der Waals surface area contributed by atoms with Crippen LogP contribution in [0.3, 0.4) is 0 Å². The van der Waals surface area contributed by atoms with Crippen molar-refractivity contribution >= 4 is 28.7 Å². The summed E-state index contributed by atoms with van der Waals surface area (Å²) >= 11 is 8.07. The smallest absolute Gasteiger partial charge is 0.233 e. The molecular weight excluding hydrogens is 384 g/mol. The van der Waals surface area contributed by atoms with Crippen molar-refractivity contribution in [2.75, 3.05) is 13.2 Å². The van der Waals surface area contributed by atoms with Gasteiger partial charge in [-0.3, -0.25) is 0 Å². The Balaban J connectivity index is 1.45. The van der Waals surface area contributed by atoms with E-state index in [-0.39, 0.29) is 17.8 Å². The molecule has 0 N–H and O–H groups in total. The molecule has 7 heteroatoms. The second kappa shape index (κ2) is 9.13. The molecule has 2 aromatic heterocycles. The van der Waals surface area contributed by atoms with Crippen LogP contribution in [0.2, 0.25) is 5.02 Å². The SMILES string of the molecule is CC(=O)C[C@@H](C)COC1CC(COc2nccc(-c3csc(C)n3)c2Cl)C1. The summed E-state index contributed by atoms with van der Waals surface area (Å²) in [4.78, 5) is 19.9. The number of carbonyl (C=O) groups is 1. The van der Waals surface area contributed by atoms with Crippen molar-refractivity contribution in [3.63, 3.8) is 0 Å². The van der Waals surface area contributed by atoms with Gasteiger partial charge in [-0.1, -0.05) is 18.5 Å². The number of pyridine rings is 1. The summed E-state index contributed by atoms with van der Waals surface area (Å²) in [5.41, 5.74) is 1.70. The van der Waals surface area contributed by atoms with Gasteiger partial charge in [0.15, 0.2) is 0 Å². The third-order valence-electron chi connectivity index (χ3n) is 4.65. The standard InChI is InChI=1S/C20H25ClN2O3S/c1-12(6-13(2)24)9-25-16-7-15(8-16)10-26-20-19(21)17(4-5-22-20)18-11-27-14(3)23-18/h4-5,11-12,15-16H,6-10H2,1-3H3/t12-,15?,16?/m1/s1. The van der Waals surface area contributed by atoms with Crippen molar-refractivity contribution in [1.29, 1.82) is 0 Å². The Labute approximate surface area is 169 Å². The summed E-state index contributed by atoms with van der Waals surface area (Å²) in [7, 11) is 0. The quantitative estimate of drug-likeness (QED) is 0.587. The van der Waals surface area contributed by atoms with Gasteiger partial charge in [0.05, 0.1) is 23.4 Å². The van der Waals surface area contributed by atoms with Crippen LogP contribution in [0.4, 0.5) is 0 Å². The molecule has 1 atom stereocenters. The Morgan fingerprint density at radius 3 is 2.89 bits per heavy atom. The van der Waals surface area contributed by atoms with Crippen LogP contribution in [0.5, 0.6) is 5.88 Å². The summed E-state index contributed by atoms with van der Waals surface area (Å²) < 4.78 is 11.7. The summed E-state index contributed by atoms with van der Waals surface area (Å²) in [6.45, 7) is 6.86. The van der Waals surface area contributed by atoms with Crippen molar-refractivity contribution in [1.82, 2.24) is 9.97 Å². The molecule has 0 unspecified atom stereocenters. The number of ketones is 1. The lowest BCUT2D eigenvalue weighted by atomic mass is 9.83. The van der Waals surface area contributed by atoms with Gasteiger partial charge in [-0.05, 0) is 44.6 Å². The lowest BCUT2D eigenvalue weighted by Crippen LogP contribution is -2.36. The maximum Gasteiger partial charge on any atom is 0.233 e. The van der Waals surface area contributed by atoms with E-state index in [0.29, 0.717) is 36.5 Å². The van der Waals surface area contributed by atoms with Gasteiger partial charge in [-0.25, -0.2) is 9.97 Å². The van der Waals surface area contributed by atoms with Gasteiger partial charge in [-0.2, -0.15) is 0 Å². The van der Waals surface area contributed by atoms with Crippen molar-refractivity contribution in [2.24, 2.45) is 11.8 Å². The van der Waals surface area contributed by atoms with E-state index in [1.165, 1.54) is 0 Å². The highest BCUT2D eigenvalue weighted by molar-refractivity contribution is 7.09. The fourth-order valence-electron chi connectivity index (χ4n) is 3.20. The van der Waals surface area contributed by atoms with Crippen LogP contribution in [-0.2, 0) is 9.53 Å². The largest absolute Gasteiger partial charge is 0.476 e. The highest BCUT2D eigenvalue weighted by Gasteiger charge is 2.31. The van der Waals surface area contributed by atoms with Gasteiger partial charge in [-0.15, -0.1) is 11.3 Å². The van der Waals surface area contributed by atoms with E-state index >= 15 is 0 Å². The molecule has 3 rings (SSSR count). The molecule has 1 aliphatic carbocycles. The van der Waals surface area contributed by atoms with Crippen molar-refractivity contribution in [3.05, 3.63) is 27.7 Å². The molecule has 1 fully saturated rings. The first kappa shape index (κ1) is 20.2. The molecule has 146 valence electrons. The molecule has 27 heavy (non-hydrogen) atoms. The normalized spacial score (nSPS) is 20.1. The van der Waals surface area contributed by atoms with Gasteiger partial charge in [0.25, 0.3) is 0 Å². The van der Waals surface area contributed by atoms with Gasteiger partial charge in [0, 0.05) is 30.2 Å². The number of rotatable bonds is 9. The van der Waals surface area contributed by atoms with Crippen molar-refractivity contribution < 1.29 is 14.3 Å². The van der Waals surface area contributed by atoms with Crippen LogP contribution in [0, 0.1) is 18.8 Å². The Bertz CT molecular complexity index is 789. The number of hydrogen-bond acceptors (Lipinski definition) is 6. The monoisotopic (exact) mass is 408 g/mol. The first-order valence-corrected chi connectivity index (χ1v) is 10.5. The van der Waals surface area contributed by atoms with Gasteiger partial charge >= 0.3 is 0 Å². The molecule has 0 spiro atoms. The fourth-order valence-corrected chi connectivity index (χ4v) is 4.08. The average Bonchev–Trinajstić information content (AvgIpc) is 2.99. The summed E-state index contributed by atoms with van der Waals surface area (Å²) in [6, 6.07) is 1.86. The number of carbonyl (C=O) groups excluding carboxylic acids is 1. The van der Waals surface area contributed by atoms with Gasteiger partial charge in [0.2, 0.25) is 5.88 Å². The minimum atomic E-state index is 0.213. The van der Waals surface area contributed by atoms with E-state index < -0.39 is 0 Å². The number of aryl methyl sites for hydroxylation is 1. The molecule has 0 saturated heterocycles. The predicted molar refractivity (Wildman–Crippen MR) is 108 cm³/mol. The molecule has 1 saturated carbocycles. The second-order valence-corrected chi connectivity index (χ2v) is 8.78. The molecule has 0 amide bonds. The molecular formula is C20H25ClN2O3S. The number of nitrogens with zero attached hydrogens (tertiary/aromatic N) is 2. The van der Waals surface area contributed by atoms with Gasteiger partial charge in [0.1, 0.15) is 10.8 Å². The number of ether oxygens (including phenoxy) is 2. The highest BCUT2D eigenvalue weighted by atomic mass is 35.5. The zero-order valence-corrected chi connectivity index (χ0v) is 17.5. The van der Waals surface area contributed by atoms with E-state index in [1.54, 1.807) is 24.5 Å². The third kappa shape index (κ3) is 5.50. The van der Waals surface area contributed by atoms with Crippen LogP contribution in [0.1, 0.15) is 38.1 Å². The van der Waals surface area contributed by atoms with Crippen LogP contribution in [0.25, 0.3) is 11.3 Å². The number of Topliss-reactive ketones (excluding diaryl/α,β-unsaturated/α-hetero) is 1. The minimum Gasteiger partial charge on any atom is -0.476 e. The van der Waals surface area contributed by atoms with Crippen LogP contribution in [0.15, 0.2) is 17.6 Å². The van der Waals surface area contributed by atoms with E-state index in [0.717, 1.165) is 29.1 Å². The zero-order chi connectivity index (χ0) is 19.4. The minimum absolute atomic E-state index is 0.213. The molecule has 0 bridgehead atoms. The average molecular weight is 409 g/mol.